The monoisotopic (exact) mass is 304 g/mol. The summed E-state index contributed by atoms with van der Waals surface area (Å²) in [6.45, 7) is 0. The minimum absolute atomic E-state index is 0.0478. The Hall–Kier alpha value is -2.35. The van der Waals surface area contributed by atoms with Crippen molar-refractivity contribution in [3.8, 4) is 0 Å². The Morgan fingerprint density at radius 3 is 2.50 bits per heavy atom. The summed E-state index contributed by atoms with van der Waals surface area (Å²) >= 11 is 5.70. The number of amides is 2. The fourth-order valence-electron chi connectivity index (χ4n) is 1.28. The van der Waals surface area contributed by atoms with Gasteiger partial charge in [-0.15, -0.1) is 0 Å². The minimum atomic E-state index is -1.61. The van der Waals surface area contributed by atoms with Gasteiger partial charge in [-0.05, 0) is 18.2 Å². The Labute approximate surface area is 117 Å². The van der Waals surface area contributed by atoms with Crippen LogP contribution in [0.1, 0.15) is 6.42 Å². The molecule has 9 heteroatoms. The summed E-state index contributed by atoms with van der Waals surface area (Å²) in [4.78, 5) is 32.7. The van der Waals surface area contributed by atoms with Gasteiger partial charge in [0.2, 0.25) is 0 Å². The van der Waals surface area contributed by atoms with Crippen LogP contribution in [0.5, 0.6) is 0 Å². The summed E-state index contributed by atoms with van der Waals surface area (Å²) < 4.78 is 13.0. The van der Waals surface area contributed by atoms with Crippen molar-refractivity contribution in [3.63, 3.8) is 0 Å². The molecule has 0 saturated carbocycles. The predicted molar refractivity (Wildman–Crippen MR) is 67.2 cm³/mol. The Morgan fingerprint density at radius 1 is 1.30 bits per heavy atom. The van der Waals surface area contributed by atoms with Gasteiger partial charge in [-0.1, -0.05) is 11.6 Å². The number of nitrogens with one attached hydrogen (secondary N) is 2. The van der Waals surface area contributed by atoms with E-state index >= 15 is 0 Å². The number of benzene rings is 1. The van der Waals surface area contributed by atoms with E-state index < -0.39 is 36.2 Å². The van der Waals surface area contributed by atoms with Crippen LogP contribution in [0.3, 0.4) is 0 Å². The smallest absolute Gasteiger partial charge is 0.326 e. The van der Waals surface area contributed by atoms with Gasteiger partial charge >= 0.3 is 18.0 Å². The number of urea groups is 1. The zero-order valence-electron chi connectivity index (χ0n) is 9.89. The van der Waals surface area contributed by atoms with Crippen LogP contribution in [0, 0.1) is 5.82 Å². The SMILES string of the molecule is O=C(O)CC(NC(=O)Nc1cc(F)ccc1Cl)C(=O)O. The first-order chi connectivity index (χ1) is 9.29. The predicted octanol–water partition coefficient (Wildman–Crippen LogP) is 1.53. The van der Waals surface area contributed by atoms with E-state index in [1.54, 1.807) is 0 Å². The van der Waals surface area contributed by atoms with E-state index in [0.717, 1.165) is 12.1 Å². The van der Waals surface area contributed by atoms with Crippen LogP contribution >= 0.6 is 11.6 Å². The lowest BCUT2D eigenvalue weighted by Gasteiger charge is -2.13. The number of carbonyl (C=O) groups is 3. The Bertz CT molecular complexity index is 552. The molecule has 4 N–H and O–H groups in total. The molecule has 0 bridgehead atoms. The van der Waals surface area contributed by atoms with Crippen LogP contribution in [-0.2, 0) is 9.59 Å². The maximum absolute atomic E-state index is 13.0. The quantitative estimate of drug-likeness (QED) is 0.658. The molecular formula is C11H10ClFN2O5. The molecule has 1 aromatic rings. The molecule has 0 fully saturated rings. The zero-order valence-corrected chi connectivity index (χ0v) is 10.6. The van der Waals surface area contributed by atoms with Gasteiger partial charge in [-0.3, -0.25) is 4.79 Å². The first kappa shape index (κ1) is 15.7. The van der Waals surface area contributed by atoms with Crippen molar-refractivity contribution in [1.29, 1.82) is 0 Å². The molecule has 108 valence electrons. The summed E-state index contributed by atoms with van der Waals surface area (Å²) in [5, 5.41) is 21.4. The molecule has 0 aromatic heterocycles. The van der Waals surface area contributed by atoms with Gasteiger partial charge in [0.25, 0.3) is 0 Å². The molecule has 0 spiro atoms. The number of carboxylic acids is 2. The van der Waals surface area contributed by atoms with Crippen LogP contribution in [-0.4, -0.2) is 34.2 Å². The molecule has 0 aliphatic rings. The summed E-state index contributed by atoms with van der Waals surface area (Å²) in [6.07, 6.45) is -0.792. The Balaban J connectivity index is 2.72. The number of halogens is 2. The second-order valence-electron chi connectivity index (χ2n) is 3.71. The molecule has 0 aliphatic carbocycles. The van der Waals surface area contributed by atoms with Gasteiger partial charge < -0.3 is 20.8 Å². The number of hydrogen-bond donors (Lipinski definition) is 4. The highest BCUT2D eigenvalue weighted by Crippen LogP contribution is 2.22. The normalized spacial score (nSPS) is 11.5. The van der Waals surface area contributed by atoms with E-state index in [0.29, 0.717) is 0 Å². The highest BCUT2D eigenvalue weighted by molar-refractivity contribution is 6.33. The third kappa shape index (κ3) is 4.73. The molecule has 2 amide bonds. The number of carboxylic acid groups (broad SMARTS) is 2. The van der Waals surface area contributed by atoms with Crippen LogP contribution in [0.2, 0.25) is 5.02 Å². The Kier molecular flexibility index (Phi) is 5.27. The summed E-state index contributed by atoms with van der Waals surface area (Å²) in [5.74, 6) is -3.54. The van der Waals surface area contributed by atoms with Gasteiger partial charge in [0.15, 0.2) is 0 Å². The van der Waals surface area contributed by atoms with Crippen molar-refractivity contribution in [1.82, 2.24) is 5.32 Å². The van der Waals surface area contributed by atoms with Crippen molar-refractivity contribution in [2.75, 3.05) is 5.32 Å². The van der Waals surface area contributed by atoms with E-state index in [1.807, 2.05) is 5.32 Å². The fourth-order valence-corrected chi connectivity index (χ4v) is 1.45. The molecule has 0 heterocycles. The molecule has 1 unspecified atom stereocenters. The number of aliphatic carboxylic acids is 2. The maximum Gasteiger partial charge on any atom is 0.326 e. The topological polar surface area (TPSA) is 116 Å². The largest absolute Gasteiger partial charge is 0.481 e. The van der Waals surface area contributed by atoms with Crippen LogP contribution < -0.4 is 10.6 Å². The van der Waals surface area contributed by atoms with E-state index in [9.17, 15) is 18.8 Å². The summed E-state index contributed by atoms with van der Waals surface area (Å²) in [5.41, 5.74) is -0.0661. The molecular weight excluding hydrogens is 295 g/mol. The highest BCUT2D eigenvalue weighted by atomic mass is 35.5. The molecule has 1 rings (SSSR count). The summed E-state index contributed by atoms with van der Waals surface area (Å²) in [7, 11) is 0. The van der Waals surface area contributed by atoms with Crippen LogP contribution in [0.15, 0.2) is 18.2 Å². The van der Waals surface area contributed by atoms with Crippen molar-refractivity contribution in [2.45, 2.75) is 12.5 Å². The molecule has 7 nitrogen and oxygen atoms in total. The maximum atomic E-state index is 13.0. The fraction of sp³-hybridized carbons (Fsp3) is 0.182. The number of carbonyl (C=O) groups excluding carboxylic acids is 1. The van der Waals surface area contributed by atoms with E-state index in [2.05, 4.69) is 5.32 Å². The first-order valence-electron chi connectivity index (χ1n) is 5.26. The third-order valence-electron chi connectivity index (χ3n) is 2.16. The van der Waals surface area contributed by atoms with E-state index in [-0.39, 0.29) is 10.7 Å². The second-order valence-corrected chi connectivity index (χ2v) is 4.12. The van der Waals surface area contributed by atoms with Crippen molar-refractivity contribution in [2.24, 2.45) is 0 Å². The minimum Gasteiger partial charge on any atom is -0.481 e. The lowest BCUT2D eigenvalue weighted by atomic mass is 10.2. The van der Waals surface area contributed by atoms with Gasteiger partial charge in [0.1, 0.15) is 11.9 Å². The lowest BCUT2D eigenvalue weighted by Crippen LogP contribution is -2.44. The highest BCUT2D eigenvalue weighted by Gasteiger charge is 2.23. The zero-order chi connectivity index (χ0) is 15.3. The standard InChI is InChI=1S/C11H10ClFN2O5/c12-6-2-1-5(13)3-7(6)14-11(20)15-8(10(18)19)4-9(16)17/h1-3,8H,4H2,(H,16,17)(H,18,19)(H2,14,15,20). The molecule has 0 saturated heterocycles. The molecule has 1 aromatic carbocycles. The van der Waals surface area contributed by atoms with Gasteiger partial charge in [-0.25, -0.2) is 14.0 Å². The van der Waals surface area contributed by atoms with Gasteiger partial charge in [0, 0.05) is 0 Å². The molecule has 0 radical (unpaired) electrons. The van der Waals surface area contributed by atoms with Gasteiger partial charge in [-0.2, -0.15) is 0 Å². The van der Waals surface area contributed by atoms with Gasteiger partial charge in [0.05, 0.1) is 17.1 Å². The van der Waals surface area contributed by atoms with Crippen molar-refractivity contribution in [3.05, 3.63) is 29.0 Å². The first-order valence-corrected chi connectivity index (χ1v) is 5.64. The Morgan fingerprint density at radius 2 is 1.95 bits per heavy atom. The molecule has 1 atom stereocenters. The number of hydrogen-bond acceptors (Lipinski definition) is 3. The average Bonchev–Trinajstić information content (AvgIpc) is 2.32. The van der Waals surface area contributed by atoms with E-state index in [1.165, 1.54) is 6.07 Å². The van der Waals surface area contributed by atoms with E-state index in [4.69, 9.17) is 21.8 Å². The average molecular weight is 305 g/mol. The lowest BCUT2D eigenvalue weighted by molar-refractivity contribution is -0.145. The van der Waals surface area contributed by atoms with Crippen molar-refractivity contribution >= 4 is 35.3 Å². The molecule has 20 heavy (non-hydrogen) atoms. The second kappa shape index (κ2) is 6.71. The van der Waals surface area contributed by atoms with Crippen molar-refractivity contribution < 1.29 is 29.0 Å². The number of anilines is 1. The molecule has 0 aliphatic heterocycles. The van der Waals surface area contributed by atoms with Crippen LogP contribution in [0.4, 0.5) is 14.9 Å². The van der Waals surface area contributed by atoms with Crippen LogP contribution in [0.25, 0.3) is 0 Å². The summed E-state index contributed by atoms with van der Waals surface area (Å²) in [6, 6.07) is 0.606. The third-order valence-corrected chi connectivity index (χ3v) is 2.49. The number of rotatable bonds is 5.